The van der Waals surface area contributed by atoms with Crippen molar-refractivity contribution in [1.29, 1.82) is 0 Å². The second kappa shape index (κ2) is 4.70. The highest BCUT2D eigenvalue weighted by atomic mass is 19.4. The SMILES string of the molecule is CCCC(C)C(O)CC(F)(F)F. The summed E-state index contributed by atoms with van der Waals surface area (Å²) in [5, 5.41) is 9.06. The van der Waals surface area contributed by atoms with Crippen LogP contribution in [0.15, 0.2) is 0 Å². The summed E-state index contributed by atoms with van der Waals surface area (Å²) in [5.41, 5.74) is 0. The third kappa shape index (κ3) is 5.41. The molecule has 0 aromatic carbocycles. The van der Waals surface area contributed by atoms with Crippen LogP contribution in [0.3, 0.4) is 0 Å². The number of aliphatic hydroxyl groups excluding tert-OH is 1. The molecule has 0 aliphatic rings. The van der Waals surface area contributed by atoms with Crippen LogP contribution in [0.5, 0.6) is 0 Å². The molecule has 0 aromatic rings. The highest BCUT2D eigenvalue weighted by molar-refractivity contribution is 4.67. The van der Waals surface area contributed by atoms with E-state index in [1.165, 1.54) is 0 Å². The number of rotatable bonds is 4. The maximum Gasteiger partial charge on any atom is 0.391 e. The summed E-state index contributed by atoms with van der Waals surface area (Å²) in [6, 6.07) is 0. The Bertz CT molecular complexity index is 122. The Morgan fingerprint density at radius 3 is 2.17 bits per heavy atom. The minimum Gasteiger partial charge on any atom is -0.393 e. The van der Waals surface area contributed by atoms with Gasteiger partial charge in [-0.2, -0.15) is 13.2 Å². The van der Waals surface area contributed by atoms with Crippen LogP contribution in [-0.4, -0.2) is 17.4 Å². The molecule has 2 unspecified atom stereocenters. The Morgan fingerprint density at radius 2 is 1.83 bits per heavy atom. The zero-order valence-corrected chi connectivity index (χ0v) is 7.36. The Balaban J connectivity index is 3.78. The molecular formula is C8H15F3O. The van der Waals surface area contributed by atoms with Crippen molar-refractivity contribution in [3.8, 4) is 0 Å². The van der Waals surface area contributed by atoms with Crippen molar-refractivity contribution in [2.45, 2.75) is 45.4 Å². The van der Waals surface area contributed by atoms with Gasteiger partial charge in [-0.1, -0.05) is 20.3 Å². The first-order chi connectivity index (χ1) is 5.37. The number of halogens is 3. The van der Waals surface area contributed by atoms with E-state index < -0.39 is 18.7 Å². The molecule has 0 bridgehead atoms. The van der Waals surface area contributed by atoms with Gasteiger partial charge >= 0.3 is 6.18 Å². The lowest BCUT2D eigenvalue weighted by atomic mass is 9.97. The molecule has 1 N–H and O–H groups in total. The van der Waals surface area contributed by atoms with Gasteiger partial charge in [-0.15, -0.1) is 0 Å². The lowest BCUT2D eigenvalue weighted by molar-refractivity contribution is -0.158. The van der Waals surface area contributed by atoms with Crippen molar-refractivity contribution in [1.82, 2.24) is 0 Å². The van der Waals surface area contributed by atoms with Crippen molar-refractivity contribution in [2.75, 3.05) is 0 Å². The fourth-order valence-electron chi connectivity index (χ4n) is 1.09. The van der Waals surface area contributed by atoms with Crippen LogP contribution in [0.1, 0.15) is 33.1 Å². The third-order valence-electron chi connectivity index (χ3n) is 1.84. The Hall–Kier alpha value is -0.250. The molecule has 0 saturated heterocycles. The molecule has 0 aromatic heterocycles. The Kier molecular flexibility index (Phi) is 4.60. The lowest BCUT2D eigenvalue weighted by Crippen LogP contribution is -2.25. The van der Waals surface area contributed by atoms with Gasteiger partial charge in [-0.05, 0) is 12.3 Å². The summed E-state index contributed by atoms with van der Waals surface area (Å²) in [6.07, 6.45) is -5.15. The van der Waals surface area contributed by atoms with Crippen molar-refractivity contribution in [2.24, 2.45) is 5.92 Å². The van der Waals surface area contributed by atoms with Crippen LogP contribution in [0.2, 0.25) is 0 Å². The van der Waals surface area contributed by atoms with Crippen molar-refractivity contribution < 1.29 is 18.3 Å². The molecule has 0 amide bonds. The summed E-state index contributed by atoms with van der Waals surface area (Å²) < 4.78 is 35.2. The fourth-order valence-corrected chi connectivity index (χ4v) is 1.09. The molecule has 0 saturated carbocycles. The van der Waals surface area contributed by atoms with E-state index in [4.69, 9.17) is 5.11 Å². The molecule has 0 radical (unpaired) electrons. The molecule has 12 heavy (non-hydrogen) atoms. The summed E-state index contributed by atoms with van der Waals surface area (Å²) in [5.74, 6) is -0.267. The summed E-state index contributed by atoms with van der Waals surface area (Å²) in [7, 11) is 0. The third-order valence-corrected chi connectivity index (χ3v) is 1.84. The molecular weight excluding hydrogens is 169 g/mol. The first-order valence-electron chi connectivity index (χ1n) is 4.11. The minimum atomic E-state index is -4.25. The molecule has 0 rings (SSSR count). The van der Waals surface area contributed by atoms with E-state index in [1.54, 1.807) is 6.92 Å². The molecule has 74 valence electrons. The van der Waals surface area contributed by atoms with E-state index in [1.807, 2.05) is 6.92 Å². The van der Waals surface area contributed by atoms with Gasteiger partial charge in [0.15, 0.2) is 0 Å². The lowest BCUT2D eigenvalue weighted by Gasteiger charge is -2.19. The summed E-state index contributed by atoms with van der Waals surface area (Å²) in [6.45, 7) is 3.52. The molecule has 0 fully saturated rings. The van der Waals surface area contributed by atoms with Crippen LogP contribution in [0.4, 0.5) is 13.2 Å². The molecule has 0 spiro atoms. The average molecular weight is 184 g/mol. The molecule has 1 nitrogen and oxygen atoms in total. The average Bonchev–Trinajstić information content (AvgIpc) is 1.84. The van der Waals surface area contributed by atoms with Gasteiger partial charge in [-0.3, -0.25) is 0 Å². The van der Waals surface area contributed by atoms with E-state index >= 15 is 0 Å². The number of alkyl halides is 3. The van der Waals surface area contributed by atoms with Gasteiger partial charge in [0.2, 0.25) is 0 Å². The van der Waals surface area contributed by atoms with Crippen LogP contribution in [0.25, 0.3) is 0 Å². The first kappa shape index (κ1) is 11.8. The quantitative estimate of drug-likeness (QED) is 0.712. The van der Waals surface area contributed by atoms with Gasteiger partial charge in [0.25, 0.3) is 0 Å². The van der Waals surface area contributed by atoms with Gasteiger partial charge < -0.3 is 5.11 Å². The molecule has 0 aliphatic carbocycles. The first-order valence-corrected chi connectivity index (χ1v) is 4.11. The van der Waals surface area contributed by atoms with Crippen molar-refractivity contribution >= 4 is 0 Å². The number of hydrogen-bond acceptors (Lipinski definition) is 1. The maximum atomic E-state index is 11.7. The second-order valence-electron chi connectivity index (χ2n) is 3.15. The standard InChI is InChI=1S/C8H15F3O/c1-3-4-6(2)7(12)5-8(9,10)11/h6-7,12H,3-5H2,1-2H3. The minimum absolute atomic E-state index is 0.267. The van der Waals surface area contributed by atoms with Crippen LogP contribution in [-0.2, 0) is 0 Å². The number of aliphatic hydroxyl groups is 1. The molecule has 2 atom stereocenters. The predicted molar refractivity (Wildman–Crippen MR) is 40.8 cm³/mol. The van der Waals surface area contributed by atoms with Gasteiger partial charge in [-0.25, -0.2) is 0 Å². The van der Waals surface area contributed by atoms with E-state index in [0.29, 0.717) is 6.42 Å². The highest BCUT2D eigenvalue weighted by Crippen LogP contribution is 2.25. The maximum absolute atomic E-state index is 11.7. The summed E-state index contributed by atoms with van der Waals surface area (Å²) >= 11 is 0. The monoisotopic (exact) mass is 184 g/mol. The fraction of sp³-hybridized carbons (Fsp3) is 1.00. The molecule has 0 aliphatic heterocycles. The van der Waals surface area contributed by atoms with E-state index in [-0.39, 0.29) is 5.92 Å². The molecule has 4 heteroatoms. The smallest absolute Gasteiger partial charge is 0.391 e. The predicted octanol–water partition coefficient (Wildman–Crippen LogP) is 2.74. The van der Waals surface area contributed by atoms with Crippen LogP contribution >= 0.6 is 0 Å². The van der Waals surface area contributed by atoms with E-state index in [2.05, 4.69) is 0 Å². The normalized spacial score (nSPS) is 17.5. The van der Waals surface area contributed by atoms with Crippen LogP contribution in [0, 0.1) is 5.92 Å². The van der Waals surface area contributed by atoms with Crippen molar-refractivity contribution in [3.63, 3.8) is 0 Å². The van der Waals surface area contributed by atoms with E-state index in [0.717, 1.165) is 6.42 Å². The van der Waals surface area contributed by atoms with Crippen molar-refractivity contribution in [3.05, 3.63) is 0 Å². The molecule has 0 heterocycles. The Labute approximate surface area is 70.6 Å². The van der Waals surface area contributed by atoms with Gasteiger partial charge in [0.1, 0.15) is 0 Å². The Morgan fingerprint density at radius 1 is 1.33 bits per heavy atom. The van der Waals surface area contributed by atoms with Gasteiger partial charge in [0, 0.05) is 0 Å². The topological polar surface area (TPSA) is 20.2 Å². The van der Waals surface area contributed by atoms with E-state index in [9.17, 15) is 13.2 Å². The van der Waals surface area contributed by atoms with Gasteiger partial charge in [0.05, 0.1) is 12.5 Å². The summed E-state index contributed by atoms with van der Waals surface area (Å²) in [4.78, 5) is 0. The number of hydrogen-bond donors (Lipinski definition) is 1. The zero-order valence-electron chi connectivity index (χ0n) is 7.36. The second-order valence-corrected chi connectivity index (χ2v) is 3.15. The largest absolute Gasteiger partial charge is 0.393 e. The van der Waals surface area contributed by atoms with Crippen LogP contribution < -0.4 is 0 Å². The zero-order chi connectivity index (χ0) is 9.78. The highest BCUT2D eigenvalue weighted by Gasteiger charge is 2.32.